The van der Waals surface area contributed by atoms with Gasteiger partial charge in [-0.2, -0.15) is 73.1 Å². The summed E-state index contributed by atoms with van der Waals surface area (Å²) in [7, 11) is 0. The standard InChI is InChI=1S/C23H23F3N4O3.C22H20F4N4O3.C21H20F3N5O3.C19H18F3N5O3/c1-13-20(21-28-9-15(14-2-3-14)11-30(21)29-13)17(31)8-22(6-7-33-12-19(22)32)16-4-5-18(27-10-16)23(24,25)26;23-17-7-14(22(24,25)26)3-4-16(17)21(5-6-33-11-18(21)31)29-20(32)15-9-28-30-10-13(12-1-2-12)8-27-19(15)30;22-21(23,24)16-4-3-14(8-25-16)20(5-6-32-11-17(20)30)28-19(31)15-9-27-29-10-13(12-1-2-12)7-26-18(15)29;1-11-6-24-16-13(8-25-27(16)9-11)17(29)26-18(4-5-30-10-15(18)28)12-2-3-14(23-7-12)19(20,21)22/h4-5,9-11,14,19,32H,2-3,6-8,12H2,1H3;3-4,7-10,12,18,31H,1-2,5-6,11H2,(H,29,32);3-4,7-10,12,17,30H,1-2,5-6,11H2,(H,28,31);2-3,6-9,15,28H,4-5,10H2,1H3,(H,26,29). The highest BCUT2D eigenvalue weighted by Gasteiger charge is 2.51. The van der Waals surface area contributed by atoms with Crippen LogP contribution in [0.3, 0.4) is 0 Å². The van der Waals surface area contributed by atoms with E-state index in [0.29, 0.717) is 57.6 Å². The van der Waals surface area contributed by atoms with E-state index in [1.807, 2.05) is 19.3 Å². The summed E-state index contributed by atoms with van der Waals surface area (Å²) in [5.41, 5.74) is -2.48. The van der Waals surface area contributed by atoms with Gasteiger partial charge in [0.15, 0.2) is 28.4 Å². The highest BCUT2D eigenvalue weighted by Crippen LogP contribution is 2.46. The van der Waals surface area contributed by atoms with Crippen molar-refractivity contribution >= 4 is 46.1 Å². The van der Waals surface area contributed by atoms with Gasteiger partial charge < -0.3 is 55.3 Å². The van der Waals surface area contributed by atoms with Gasteiger partial charge in [-0.3, -0.25) is 34.1 Å². The highest BCUT2D eigenvalue weighted by atomic mass is 19.4. The molecule has 7 fully saturated rings. The Morgan fingerprint density at radius 2 is 0.797 bits per heavy atom. The minimum Gasteiger partial charge on any atom is -0.390 e. The first-order chi connectivity index (χ1) is 60.9. The van der Waals surface area contributed by atoms with Crippen LogP contribution in [0.1, 0.15) is 203 Å². The van der Waals surface area contributed by atoms with Crippen LogP contribution in [0.5, 0.6) is 0 Å². The molecule has 3 aliphatic carbocycles. The average molecular weight is 1790 g/mol. The Kier molecular flexibility index (Phi) is 24.4. The third-order valence-corrected chi connectivity index (χ3v) is 24.2. The lowest BCUT2D eigenvalue weighted by Crippen LogP contribution is -2.58. The number of ketones is 1. The second-order valence-corrected chi connectivity index (χ2v) is 32.7. The van der Waals surface area contributed by atoms with Crippen LogP contribution in [0.2, 0.25) is 0 Å². The molecule has 7 aliphatic rings. The maximum atomic E-state index is 14.9. The van der Waals surface area contributed by atoms with E-state index >= 15 is 0 Å². The maximum absolute atomic E-state index is 14.9. The van der Waals surface area contributed by atoms with Crippen molar-refractivity contribution in [1.29, 1.82) is 0 Å². The highest BCUT2D eigenvalue weighted by molar-refractivity contribution is 6.04. The molecule has 3 amide bonds. The van der Waals surface area contributed by atoms with Gasteiger partial charge in [0.2, 0.25) is 0 Å². The minimum absolute atomic E-state index is 0.0228. The summed E-state index contributed by atoms with van der Waals surface area (Å²) in [6.45, 7) is 3.87. The number of hydrogen-bond donors (Lipinski definition) is 7. The zero-order valence-electron chi connectivity index (χ0n) is 67.9. The van der Waals surface area contributed by atoms with Crippen LogP contribution in [0.25, 0.3) is 22.6 Å². The molecule has 8 unspecified atom stereocenters. The van der Waals surface area contributed by atoms with E-state index in [4.69, 9.17) is 18.9 Å². The number of nitrogens with zero attached hydrogens (tertiary/aromatic N) is 15. The molecule has 12 aromatic rings. The van der Waals surface area contributed by atoms with Crippen LogP contribution in [0, 0.1) is 19.7 Å². The number of aromatic nitrogens is 15. The molecule has 19 rings (SSSR count). The molecule has 43 heteroatoms. The number of ether oxygens (including phenoxy) is 4. The van der Waals surface area contributed by atoms with Gasteiger partial charge in [0, 0.05) is 131 Å². The molecule has 0 radical (unpaired) electrons. The van der Waals surface area contributed by atoms with Gasteiger partial charge in [-0.05, 0) is 146 Å². The number of nitrogens with one attached hydrogen (secondary N) is 3. The van der Waals surface area contributed by atoms with E-state index in [-0.39, 0.29) is 130 Å². The minimum atomic E-state index is -4.73. The van der Waals surface area contributed by atoms with Gasteiger partial charge in [-0.1, -0.05) is 24.3 Å². The SMILES string of the molecule is Cc1cnc2c(C(=O)NC3(c4ccc(C(F)(F)F)nc4)CCOCC3O)cnn2c1.Cc1nn2cc(C3CC3)cnc2c1C(=O)CC1(c2ccc(C(F)(F)F)nc2)CCOCC1O.O=C(NC1(c2ccc(C(F)(F)F)cc2F)CCOCC1O)c1cnn2cc(C3CC3)cnc12.O=C(NC1(c2ccc(C(F)(F)F)nc2)CCOCC1O)c1cnn2cc(C3CC3)cnc12. The summed E-state index contributed by atoms with van der Waals surface area (Å²) in [5, 5.41) is 68.2. The van der Waals surface area contributed by atoms with E-state index in [9.17, 15) is 96.7 Å². The Morgan fingerprint density at radius 3 is 1.18 bits per heavy atom. The van der Waals surface area contributed by atoms with Gasteiger partial charge in [0.05, 0.1) is 84.6 Å². The fourth-order valence-electron chi connectivity index (χ4n) is 16.5. The summed E-state index contributed by atoms with van der Waals surface area (Å²) in [6, 6.07) is 8.30. The summed E-state index contributed by atoms with van der Waals surface area (Å²) < 4.78 is 198. The van der Waals surface area contributed by atoms with Crippen LogP contribution >= 0.6 is 0 Å². The molecule has 0 spiro atoms. The van der Waals surface area contributed by atoms with Crippen molar-refractivity contribution in [2.24, 2.45) is 0 Å². The molecule has 4 saturated heterocycles. The first-order valence-electron chi connectivity index (χ1n) is 40.7. The molecule has 4 aliphatic heterocycles. The van der Waals surface area contributed by atoms with Gasteiger partial charge >= 0.3 is 24.7 Å². The van der Waals surface area contributed by atoms with Crippen molar-refractivity contribution in [2.45, 2.75) is 173 Å². The second-order valence-electron chi connectivity index (χ2n) is 32.7. The Labute approximate surface area is 716 Å². The molecule has 11 aromatic heterocycles. The lowest BCUT2D eigenvalue weighted by Gasteiger charge is -2.42. The normalized spacial score (nSPS) is 23.4. The number of alkyl halides is 12. The lowest BCUT2D eigenvalue weighted by atomic mass is 9.69. The van der Waals surface area contributed by atoms with Crippen LogP contribution in [0.4, 0.5) is 57.1 Å². The van der Waals surface area contributed by atoms with Crippen LogP contribution in [-0.2, 0) is 65.7 Å². The third-order valence-electron chi connectivity index (χ3n) is 24.2. The summed E-state index contributed by atoms with van der Waals surface area (Å²) >= 11 is 0. The molecule has 3 saturated carbocycles. The number of fused-ring (bicyclic) bond motifs is 4. The predicted molar refractivity (Wildman–Crippen MR) is 420 cm³/mol. The quantitative estimate of drug-likeness (QED) is 0.0349. The van der Waals surface area contributed by atoms with Crippen molar-refractivity contribution in [3.05, 3.63) is 242 Å². The number of carbonyl (C=O) groups is 4. The van der Waals surface area contributed by atoms with Gasteiger partial charge in [-0.15, -0.1) is 0 Å². The molecular formula is C85H81F13N18O12. The van der Waals surface area contributed by atoms with Crippen molar-refractivity contribution in [1.82, 2.24) is 89.3 Å². The van der Waals surface area contributed by atoms with E-state index in [1.165, 1.54) is 50.3 Å². The summed E-state index contributed by atoms with van der Waals surface area (Å²) in [6.07, 6.45) is 4.87. The number of carbonyl (C=O) groups excluding carboxylic acids is 4. The van der Waals surface area contributed by atoms with E-state index in [2.05, 4.69) is 71.2 Å². The zero-order chi connectivity index (χ0) is 90.8. The van der Waals surface area contributed by atoms with Crippen molar-refractivity contribution in [2.75, 3.05) is 52.9 Å². The largest absolute Gasteiger partial charge is 0.433 e. The number of amides is 3. The summed E-state index contributed by atoms with van der Waals surface area (Å²) in [4.78, 5) is 81.0. The first kappa shape index (κ1) is 89.4. The number of hydrogen-bond acceptors (Lipinski definition) is 23. The van der Waals surface area contributed by atoms with Crippen molar-refractivity contribution in [3.8, 4) is 0 Å². The van der Waals surface area contributed by atoms with Crippen LogP contribution in [0.15, 0.2) is 141 Å². The molecule has 30 nitrogen and oxygen atoms in total. The van der Waals surface area contributed by atoms with Gasteiger partial charge in [0.1, 0.15) is 57.9 Å². The Morgan fingerprint density at radius 1 is 0.422 bits per heavy atom. The van der Waals surface area contributed by atoms with E-state index < -0.39 is 117 Å². The zero-order valence-corrected chi connectivity index (χ0v) is 67.9. The second kappa shape index (κ2) is 34.9. The molecule has 128 heavy (non-hydrogen) atoms. The molecule has 15 heterocycles. The number of pyridine rings is 3. The van der Waals surface area contributed by atoms with E-state index in [0.717, 1.165) is 110 Å². The molecular weight excluding hydrogens is 1710 g/mol. The van der Waals surface area contributed by atoms with Crippen LogP contribution in [-0.4, -0.2) is 195 Å². The van der Waals surface area contributed by atoms with E-state index in [1.54, 1.807) is 48.6 Å². The summed E-state index contributed by atoms with van der Waals surface area (Å²) in [5.74, 6) is -1.87. The maximum Gasteiger partial charge on any atom is 0.433 e. The number of halogens is 13. The lowest BCUT2D eigenvalue weighted by molar-refractivity contribution is -0.142. The Bertz CT molecular complexity index is 6140. The smallest absolute Gasteiger partial charge is 0.390 e. The topological polar surface area (TPSA) is 382 Å². The van der Waals surface area contributed by atoms with Gasteiger partial charge in [0.25, 0.3) is 17.7 Å². The molecule has 0 bridgehead atoms. The molecule has 674 valence electrons. The monoisotopic (exact) mass is 1790 g/mol. The molecule has 7 N–H and O–H groups in total. The number of aliphatic hydroxyl groups excluding tert-OH is 4. The fraction of sp³-hybridized carbons (Fsp3) is 0.424. The predicted octanol–water partition coefficient (Wildman–Crippen LogP) is 11.1. The number of aryl methyl sites for hydroxylation is 2. The van der Waals surface area contributed by atoms with Crippen molar-refractivity contribution in [3.63, 3.8) is 0 Å². The number of aliphatic hydroxyl groups is 4. The van der Waals surface area contributed by atoms with Gasteiger partial charge in [-0.25, -0.2) is 42.4 Å². The first-order valence-corrected chi connectivity index (χ1v) is 40.7. The molecule has 8 atom stereocenters. The third kappa shape index (κ3) is 18.2. The molecule has 1 aromatic carbocycles. The number of benzene rings is 1. The number of rotatable bonds is 16. The number of Topliss-reactive ketones (excluding diaryl/α,β-unsaturated/α-hetero) is 1. The Hall–Kier alpha value is -12.0. The fourth-order valence-corrected chi connectivity index (χ4v) is 16.5. The van der Waals surface area contributed by atoms with Crippen LogP contribution < -0.4 is 16.0 Å². The average Bonchev–Trinajstić information content (AvgIpc) is 1.24. The van der Waals surface area contributed by atoms with Crippen molar-refractivity contribution < 1.29 is 116 Å². The Balaban J connectivity index is 0.000000125.